The summed E-state index contributed by atoms with van der Waals surface area (Å²) in [6.45, 7) is 6.05. The molecule has 1 amide bonds. The number of hydrogen-bond donors (Lipinski definition) is 0. The summed E-state index contributed by atoms with van der Waals surface area (Å²) in [6.07, 6.45) is 5.56. The molecule has 0 bridgehead atoms. The van der Waals surface area contributed by atoms with Gasteiger partial charge in [0.05, 0.1) is 27.1 Å². The minimum atomic E-state index is 0.0458. The second kappa shape index (κ2) is 9.39. The molecule has 0 radical (unpaired) electrons. The number of nitrogens with zero attached hydrogens (tertiary/aromatic N) is 1. The van der Waals surface area contributed by atoms with Crippen LogP contribution in [-0.4, -0.2) is 44.7 Å². The van der Waals surface area contributed by atoms with Gasteiger partial charge in [-0.1, -0.05) is 0 Å². The topological polar surface area (TPSA) is 61.1 Å². The van der Waals surface area contributed by atoms with Crippen molar-refractivity contribution < 1.29 is 23.4 Å². The highest BCUT2D eigenvalue weighted by atomic mass is 16.5. The maximum absolute atomic E-state index is 12.7. The Morgan fingerprint density at radius 2 is 1.84 bits per heavy atom. The van der Waals surface area contributed by atoms with Crippen molar-refractivity contribution in [1.82, 2.24) is 4.90 Å². The first-order valence-electron chi connectivity index (χ1n) is 10.9. The molecule has 6 nitrogen and oxygen atoms in total. The molecule has 1 aromatic heterocycles. The SMILES string of the molecule is CCOc1cc2occ(-c3cc(OC)ccc3OC)c2cc1/C(C)=C/C(=O)N1CCCC1. The van der Waals surface area contributed by atoms with Crippen molar-refractivity contribution in [3.63, 3.8) is 0 Å². The van der Waals surface area contributed by atoms with Gasteiger partial charge in [-0.05, 0) is 56.5 Å². The maximum atomic E-state index is 12.7. The third-order valence-corrected chi connectivity index (χ3v) is 5.85. The second-order valence-electron chi connectivity index (χ2n) is 7.85. The van der Waals surface area contributed by atoms with Crippen LogP contribution < -0.4 is 14.2 Å². The van der Waals surface area contributed by atoms with E-state index in [0.717, 1.165) is 65.1 Å². The molecule has 0 aliphatic carbocycles. The number of fused-ring (bicyclic) bond motifs is 1. The van der Waals surface area contributed by atoms with Crippen LogP contribution in [0.4, 0.5) is 0 Å². The smallest absolute Gasteiger partial charge is 0.246 e. The first-order chi connectivity index (χ1) is 15.5. The molecule has 0 atom stereocenters. The van der Waals surface area contributed by atoms with Gasteiger partial charge >= 0.3 is 0 Å². The van der Waals surface area contributed by atoms with E-state index in [0.29, 0.717) is 17.9 Å². The van der Waals surface area contributed by atoms with E-state index in [-0.39, 0.29) is 5.91 Å². The Labute approximate surface area is 188 Å². The van der Waals surface area contributed by atoms with E-state index in [1.54, 1.807) is 26.6 Å². The zero-order valence-corrected chi connectivity index (χ0v) is 19.1. The Morgan fingerprint density at radius 1 is 1.06 bits per heavy atom. The van der Waals surface area contributed by atoms with Crippen LogP contribution in [0.25, 0.3) is 27.7 Å². The summed E-state index contributed by atoms with van der Waals surface area (Å²) >= 11 is 0. The van der Waals surface area contributed by atoms with Crippen molar-refractivity contribution in [2.75, 3.05) is 33.9 Å². The van der Waals surface area contributed by atoms with Gasteiger partial charge in [0.2, 0.25) is 5.91 Å². The molecule has 32 heavy (non-hydrogen) atoms. The maximum Gasteiger partial charge on any atom is 0.246 e. The molecule has 0 N–H and O–H groups in total. The predicted octanol–water partition coefficient (Wildman–Crippen LogP) is 5.54. The summed E-state index contributed by atoms with van der Waals surface area (Å²) < 4.78 is 22.8. The quantitative estimate of drug-likeness (QED) is 0.456. The van der Waals surface area contributed by atoms with Gasteiger partial charge < -0.3 is 23.5 Å². The summed E-state index contributed by atoms with van der Waals surface area (Å²) in [6, 6.07) is 9.59. The number of hydrogen-bond acceptors (Lipinski definition) is 5. The van der Waals surface area contributed by atoms with Gasteiger partial charge in [0.25, 0.3) is 0 Å². The lowest BCUT2D eigenvalue weighted by Gasteiger charge is -2.15. The molecule has 0 unspecified atom stereocenters. The second-order valence-corrected chi connectivity index (χ2v) is 7.85. The minimum Gasteiger partial charge on any atom is -0.497 e. The van der Waals surface area contributed by atoms with Crippen LogP contribution in [0.1, 0.15) is 32.3 Å². The number of carbonyl (C=O) groups excluding carboxylic acids is 1. The lowest BCUT2D eigenvalue weighted by Crippen LogP contribution is -2.25. The minimum absolute atomic E-state index is 0.0458. The number of likely N-dealkylation sites (tertiary alicyclic amines) is 1. The molecule has 1 aliphatic rings. The molecule has 1 aliphatic heterocycles. The zero-order valence-electron chi connectivity index (χ0n) is 19.1. The van der Waals surface area contributed by atoms with Crippen molar-refractivity contribution in [2.45, 2.75) is 26.7 Å². The summed E-state index contributed by atoms with van der Waals surface area (Å²) in [7, 11) is 3.28. The van der Waals surface area contributed by atoms with Crippen molar-refractivity contribution in [2.24, 2.45) is 0 Å². The highest BCUT2D eigenvalue weighted by Crippen LogP contribution is 2.41. The molecule has 4 rings (SSSR count). The Balaban J connectivity index is 1.83. The third kappa shape index (κ3) is 4.17. The first kappa shape index (κ1) is 21.8. The number of rotatable bonds is 7. The number of ether oxygens (including phenoxy) is 3. The average Bonchev–Trinajstić information content (AvgIpc) is 3.48. The monoisotopic (exact) mass is 435 g/mol. The number of allylic oxidation sites excluding steroid dienone is 1. The molecule has 168 valence electrons. The predicted molar refractivity (Wildman–Crippen MR) is 125 cm³/mol. The van der Waals surface area contributed by atoms with E-state index in [1.807, 2.05) is 49.1 Å². The van der Waals surface area contributed by atoms with Gasteiger partial charge in [-0.15, -0.1) is 0 Å². The number of furan rings is 1. The van der Waals surface area contributed by atoms with Crippen LogP contribution in [-0.2, 0) is 4.79 Å². The van der Waals surface area contributed by atoms with Crippen LogP contribution in [0, 0.1) is 0 Å². The van der Waals surface area contributed by atoms with Crippen LogP contribution in [0.3, 0.4) is 0 Å². The van der Waals surface area contributed by atoms with Gasteiger partial charge in [-0.2, -0.15) is 0 Å². The van der Waals surface area contributed by atoms with Crippen LogP contribution in [0.5, 0.6) is 17.2 Å². The van der Waals surface area contributed by atoms with Crippen molar-refractivity contribution in [1.29, 1.82) is 0 Å². The molecule has 2 aromatic carbocycles. The summed E-state index contributed by atoms with van der Waals surface area (Å²) in [4.78, 5) is 14.6. The van der Waals surface area contributed by atoms with Gasteiger partial charge in [-0.3, -0.25) is 4.79 Å². The van der Waals surface area contributed by atoms with Crippen LogP contribution in [0.2, 0.25) is 0 Å². The lowest BCUT2D eigenvalue weighted by molar-refractivity contribution is -0.124. The Kier molecular flexibility index (Phi) is 6.40. The molecule has 1 saturated heterocycles. The summed E-state index contributed by atoms with van der Waals surface area (Å²) in [5.41, 5.74) is 4.19. The Morgan fingerprint density at radius 3 is 2.53 bits per heavy atom. The van der Waals surface area contributed by atoms with Gasteiger partial charge in [0.1, 0.15) is 22.8 Å². The molecule has 0 saturated carbocycles. The highest BCUT2D eigenvalue weighted by molar-refractivity contribution is 6.01. The van der Waals surface area contributed by atoms with E-state index in [4.69, 9.17) is 18.6 Å². The fourth-order valence-corrected chi connectivity index (χ4v) is 4.16. The van der Waals surface area contributed by atoms with Gasteiger partial charge in [0.15, 0.2) is 0 Å². The fourth-order valence-electron chi connectivity index (χ4n) is 4.16. The van der Waals surface area contributed by atoms with E-state index in [9.17, 15) is 4.79 Å². The lowest BCUT2D eigenvalue weighted by atomic mass is 9.98. The van der Waals surface area contributed by atoms with E-state index < -0.39 is 0 Å². The molecule has 2 heterocycles. The average molecular weight is 436 g/mol. The molecule has 6 heteroatoms. The van der Waals surface area contributed by atoms with Crippen molar-refractivity contribution in [3.05, 3.63) is 48.2 Å². The van der Waals surface area contributed by atoms with Crippen LogP contribution >= 0.6 is 0 Å². The van der Waals surface area contributed by atoms with E-state index >= 15 is 0 Å². The number of benzene rings is 2. The number of carbonyl (C=O) groups is 1. The van der Waals surface area contributed by atoms with Gasteiger partial charge in [-0.25, -0.2) is 0 Å². The molecular formula is C26H29NO5. The molecule has 0 spiro atoms. The molecular weight excluding hydrogens is 406 g/mol. The Bertz CT molecular complexity index is 1150. The molecule has 1 fully saturated rings. The third-order valence-electron chi connectivity index (χ3n) is 5.85. The van der Waals surface area contributed by atoms with Gasteiger partial charge in [0, 0.05) is 47.3 Å². The Hall–Kier alpha value is -3.41. The van der Waals surface area contributed by atoms with E-state index in [2.05, 4.69) is 0 Å². The number of amides is 1. The number of methoxy groups -OCH3 is 2. The standard InChI is InChI=1S/C26H29NO5/c1-5-31-24-15-25-21(14-19(24)17(2)12-26(28)27-10-6-7-11-27)22(16-32-25)20-13-18(29-3)8-9-23(20)30-4/h8-9,12-16H,5-7,10-11H2,1-4H3/b17-12+. The highest BCUT2D eigenvalue weighted by Gasteiger charge is 2.20. The van der Waals surface area contributed by atoms with Crippen molar-refractivity contribution in [3.8, 4) is 28.4 Å². The fraction of sp³-hybridized carbons (Fsp3) is 0.346. The van der Waals surface area contributed by atoms with E-state index in [1.165, 1.54) is 0 Å². The molecule has 3 aromatic rings. The summed E-state index contributed by atoms with van der Waals surface area (Å²) in [5, 5.41) is 0.913. The zero-order chi connectivity index (χ0) is 22.7. The largest absolute Gasteiger partial charge is 0.497 e. The van der Waals surface area contributed by atoms with Crippen LogP contribution in [0.15, 0.2) is 47.1 Å². The normalized spacial score (nSPS) is 14.1. The summed E-state index contributed by atoms with van der Waals surface area (Å²) in [5.74, 6) is 2.19. The van der Waals surface area contributed by atoms with Crippen molar-refractivity contribution >= 4 is 22.4 Å². The first-order valence-corrected chi connectivity index (χ1v) is 10.9.